The summed E-state index contributed by atoms with van der Waals surface area (Å²) in [6.07, 6.45) is 4.82. The maximum atomic E-state index is 6.49. The van der Waals surface area contributed by atoms with Crippen molar-refractivity contribution in [2.75, 3.05) is 0 Å². The summed E-state index contributed by atoms with van der Waals surface area (Å²) in [5.41, 5.74) is 9.29. The van der Waals surface area contributed by atoms with E-state index in [9.17, 15) is 0 Å². The fourth-order valence-electron chi connectivity index (χ4n) is 5.03. The first-order valence-corrected chi connectivity index (χ1v) is 20.4. The molecule has 0 amide bonds. The van der Waals surface area contributed by atoms with Gasteiger partial charge in [-0.3, -0.25) is 0 Å². The average molecular weight is 690 g/mol. The predicted molar refractivity (Wildman–Crippen MR) is 155 cm³/mol. The molecule has 0 saturated carbocycles. The minimum atomic E-state index is -2.51. The molecule has 4 heteroatoms. The van der Waals surface area contributed by atoms with Crippen LogP contribution in [0.2, 0.25) is 0 Å². The first-order chi connectivity index (χ1) is 17.4. The third-order valence-electron chi connectivity index (χ3n) is 6.90. The van der Waals surface area contributed by atoms with Gasteiger partial charge >= 0.3 is 145 Å². The minimum Gasteiger partial charge on any atom is -0.134 e. The van der Waals surface area contributed by atoms with E-state index in [1.807, 2.05) is 60.7 Å². The van der Waals surface area contributed by atoms with Crippen molar-refractivity contribution < 1.29 is 22.9 Å². The number of allylic oxidation sites excluding steroid dienone is 2. The molecule has 0 heterocycles. The molecule has 0 nitrogen and oxygen atoms in total. The molecule has 36 heavy (non-hydrogen) atoms. The van der Waals surface area contributed by atoms with Gasteiger partial charge in [-0.25, -0.2) is 0 Å². The third kappa shape index (κ3) is 5.33. The van der Waals surface area contributed by atoms with Crippen molar-refractivity contribution in [3.05, 3.63) is 143 Å². The third-order valence-corrected chi connectivity index (χ3v) is 19.5. The maximum absolute atomic E-state index is 6.49. The van der Waals surface area contributed by atoms with Crippen molar-refractivity contribution in [1.82, 2.24) is 0 Å². The Labute approximate surface area is 236 Å². The zero-order chi connectivity index (χ0) is 25.1. The fraction of sp³-hybridized carbons (Fsp3) is 0.125. The van der Waals surface area contributed by atoms with Crippen molar-refractivity contribution in [1.29, 1.82) is 0 Å². The second-order valence-electron chi connectivity index (χ2n) is 9.37. The van der Waals surface area contributed by atoms with E-state index in [2.05, 4.69) is 74.5 Å². The summed E-state index contributed by atoms with van der Waals surface area (Å²) in [6, 6.07) is 37.7. The Hall–Kier alpha value is -1.97. The fourth-order valence-corrected chi connectivity index (χ4v) is 15.0. The topological polar surface area (TPSA) is 0 Å². The summed E-state index contributed by atoms with van der Waals surface area (Å²) in [6.45, 7) is 2.15. The zero-order valence-corrected chi connectivity index (χ0v) is 26.6. The molecule has 0 N–H and O–H groups in total. The van der Waals surface area contributed by atoms with Crippen LogP contribution in [-0.2, 0) is 22.9 Å². The number of hydrogen-bond donors (Lipinski definition) is 0. The van der Waals surface area contributed by atoms with Gasteiger partial charge in [-0.05, 0) is 10.4 Å². The molecule has 2 aliphatic rings. The van der Waals surface area contributed by atoms with E-state index in [0.29, 0.717) is 0 Å². The molecule has 2 atom stereocenters. The van der Waals surface area contributed by atoms with Crippen LogP contribution in [0.1, 0.15) is 43.5 Å². The maximum Gasteiger partial charge on any atom is 0.310 e. The van der Waals surface area contributed by atoms with Crippen molar-refractivity contribution in [2.24, 2.45) is 0 Å². The summed E-state index contributed by atoms with van der Waals surface area (Å²) in [5, 5.41) is 2.05. The average Bonchev–Trinajstić information content (AvgIpc) is 3.41. The van der Waals surface area contributed by atoms with Crippen LogP contribution >= 0.6 is 22.2 Å². The molecule has 0 fully saturated rings. The summed E-state index contributed by atoms with van der Waals surface area (Å²) < 4.78 is 1.53. The number of halogens is 2. The van der Waals surface area contributed by atoms with Gasteiger partial charge in [0.2, 0.25) is 0 Å². The van der Waals surface area contributed by atoms with Crippen LogP contribution in [0.25, 0.3) is 12.2 Å². The van der Waals surface area contributed by atoms with E-state index in [1.165, 1.54) is 11.1 Å². The standard InChI is InChI=1S/C12H10Cl2Si.2C10H9.Hf/c13-15(14,11-7-3-1-4-8-11)12-9-5-2-6-10-12;2*1-8-6-9-4-2-3-5-10(9)7-8;/h1-10H;2*2-7H,1H3;. The number of rotatable bonds is 4. The van der Waals surface area contributed by atoms with Crippen LogP contribution in [0.4, 0.5) is 0 Å². The Morgan fingerprint density at radius 3 is 1.31 bits per heavy atom. The molecule has 178 valence electrons. The first kappa shape index (κ1) is 25.7. The van der Waals surface area contributed by atoms with E-state index in [4.69, 9.17) is 22.2 Å². The molecule has 6 rings (SSSR count). The Balaban J connectivity index is 0.000000157. The van der Waals surface area contributed by atoms with Crippen LogP contribution in [0.5, 0.6) is 0 Å². The summed E-state index contributed by atoms with van der Waals surface area (Å²) in [7, 11) is 0. The molecule has 0 spiro atoms. The molecule has 0 radical (unpaired) electrons. The molecule has 2 unspecified atom stereocenters. The second-order valence-corrected chi connectivity index (χ2v) is 21.0. The zero-order valence-electron chi connectivity index (χ0n) is 20.5. The second kappa shape index (κ2) is 11.2. The quantitative estimate of drug-likeness (QED) is 0.150. The van der Waals surface area contributed by atoms with Gasteiger partial charge in [-0.1, -0.05) is 60.7 Å². The molecular formula is C32H28Cl2HfSi. The number of benzene rings is 4. The van der Waals surface area contributed by atoms with E-state index < -0.39 is 29.6 Å². The van der Waals surface area contributed by atoms with Crippen LogP contribution in [0.3, 0.4) is 0 Å². The predicted octanol–water partition coefficient (Wildman–Crippen LogP) is 8.11. The Kier molecular flexibility index (Phi) is 7.98. The largest absolute Gasteiger partial charge is 0.310 e. The summed E-state index contributed by atoms with van der Waals surface area (Å²) >= 11 is 12.1. The van der Waals surface area contributed by atoms with Gasteiger partial charge in [0.05, 0.1) is 0 Å². The molecule has 0 aromatic heterocycles. The molecule has 2 aliphatic carbocycles. The van der Waals surface area contributed by atoms with E-state index in [-0.39, 0.29) is 0 Å². The Morgan fingerprint density at radius 1 is 0.528 bits per heavy atom. The smallest absolute Gasteiger partial charge is 0.134 e. The number of fused-ring (bicyclic) bond motifs is 2. The van der Waals surface area contributed by atoms with Crippen molar-refractivity contribution in [3.63, 3.8) is 0 Å². The normalized spacial score (nSPS) is 17.8. The van der Waals surface area contributed by atoms with Gasteiger partial charge in [0.1, 0.15) is 0 Å². The Bertz CT molecular complexity index is 1300. The van der Waals surface area contributed by atoms with Crippen molar-refractivity contribution >= 4 is 51.4 Å². The van der Waals surface area contributed by atoms with Gasteiger partial charge in [0.15, 0.2) is 0 Å². The molecule has 0 bridgehead atoms. The SMILES string of the molecule is CC1=Cc2ccccc2[CH]1[Hf][CH]1C(C)=Cc2ccccc21.Cl[Si](Cl)(c1ccccc1)c1ccccc1. The molecule has 4 aromatic rings. The molecule has 0 aliphatic heterocycles. The number of hydrogen-bond acceptors (Lipinski definition) is 0. The molecule has 4 aromatic carbocycles. The van der Waals surface area contributed by atoms with Crippen molar-refractivity contribution in [2.45, 2.75) is 21.2 Å². The van der Waals surface area contributed by atoms with Crippen LogP contribution in [0, 0.1) is 0 Å². The van der Waals surface area contributed by atoms with Crippen LogP contribution in [-0.4, -0.2) is 6.69 Å². The Morgan fingerprint density at radius 2 is 0.889 bits per heavy atom. The van der Waals surface area contributed by atoms with Crippen molar-refractivity contribution in [3.8, 4) is 0 Å². The molecular weight excluding hydrogens is 662 g/mol. The first-order valence-electron chi connectivity index (χ1n) is 12.2. The van der Waals surface area contributed by atoms with E-state index >= 15 is 0 Å². The monoisotopic (exact) mass is 690 g/mol. The van der Waals surface area contributed by atoms with Gasteiger partial charge in [-0.15, -0.1) is 22.2 Å². The van der Waals surface area contributed by atoms with Gasteiger partial charge < -0.3 is 0 Å². The van der Waals surface area contributed by atoms with Crippen LogP contribution in [0.15, 0.2) is 120 Å². The minimum absolute atomic E-state index is 0.765. The summed E-state index contributed by atoms with van der Waals surface area (Å²) in [5.74, 6) is 0. The van der Waals surface area contributed by atoms with E-state index in [1.54, 1.807) is 22.3 Å². The van der Waals surface area contributed by atoms with E-state index in [0.717, 1.165) is 17.7 Å². The van der Waals surface area contributed by atoms with Gasteiger partial charge in [0, 0.05) is 0 Å². The molecule has 0 saturated heterocycles. The van der Waals surface area contributed by atoms with Gasteiger partial charge in [-0.2, -0.15) is 0 Å². The summed E-state index contributed by atoms with van der Waals surface area (Å²) in [4.78, 5) is 0. The van der Waals surface area contributed by atoms with Gasteiger partial charge in [0.25, 0.3) is 0 Å². The van der Waals surface area contributed by atoms with Crippen LogP contribution < -0.4 is 10.4 Å².